The number of amides is 1. The van der Waals surface area contributed by atoms with Crippen molar-refractivity contribution < 1.29 is 9.18 Å². The van der Waals surface area contributed by atoms with Gasteiger partial charge in [0.15, 0.2) is 0 Å². The van der Waals surface area contributed by atoms with E-state index >= 15 is 0 Å². The number of nitrogens with zero attached hydrogens (tertiary/aromatic N) is 1. The number of hydrogen-bond donors (Lipinski definition) is 2. The second-order valence-electron chi connectivity index (χ2n) is 4.95. The molecule has 0 saturated carbocycles. The minimum Gasteiger partial charge on any atom is -0.385 e. The van der Waals surface area contributed by atoms with Gasteiger partial charge in [-0.05, 0) is 23.8 Å². The highest BCUT2D eigenvalue weighted by Crippen LogP contribution is 2.09. The normalized spacial score (nSPS) is 10.8. The first-order valence-electron chi connectivity index (χ1n) is 7.20. The Kier molecular flexibility index (Phi) is 6.35. The van der Waals surface area contributed by atoms with Gasteiger partial charge in [0.1, 0.15) is 17.5 Å². The first kappa shape index (κ1) is 17.5. The smallest absolute Gasteiger partial charge is 0.263 e. The van der Waals surface area contributed by atoms with Crippen LogP contribution in [-0.2, 0) is 17.9 Å². The lowest BCUT2D eigenvalue weighted by molar-refractivity contribution is -0.117. The molecule has 2 N–H and O–H groups in total. The van der Waals surface area contributed by atoms with Crippen molar-refractivity contribution in [1.29, 1.82) is 5.26 Å². The quantitative estimate of drug-likeness (QED) is 0.625. The Bertz CT molecular complexity index is 782. The van der Waals surface area contributed by atoms with Gasteiger partial charge in [0, 0.05) is 29.9 Å². The number of carbonyl (C=O) groups excluding carboxylic acids is 1. The van der Waals surface area contributed by atoms with Crippen LogP contribution in [0.15, 0.2) is 60.3 Å². The fraction of sp³-hybridized carbons (Fsp3) is 0.111. The number of benzene rings is 2. The van der Waals surface area contributed by atoms with Crippen LogP contribution in [0.4, 0.5) is 4.39 Å². The molecule has 0 atom stereocenters. The standard InChI is InChI=1S/C18H15ClFN3O/c19-16-7-5-13(6-8-16)10-23-18(24)15(9-21)12-22-11-14-3-1-2-4-17(14)20/h1-8,12,22H,10-11H2,(H,23,24)/b15-12-. The molecule has 6 heteroatoms. The average Bonchev–Trinajstić information content (AvgIpc) is 2.59. The zero-order valence-corrected chi connectivity index (χ0v) is 13.5. The molecule has 0 aliphatic carbocycles. The van der Waals surface area contributed by atoms with Crippen molar-refractivity contribution in [2.24, 2.45) is 0 Å². The van der Waals surface area contributed by atoms with E-state index in [0.717, 1.165) is 5.56 Å². The lowest BCUT2D eigenvalue weighted by Crippen LogP contribution is -2.25. The highest BCUT2D eigenvalue weighted by atomic mass is 35.5. The molecular weight excluding hydrogens is 329 g/mol. The highest BCUT2D eigenvalue weighted by molar-refractivity contribution is 6.30. The molecule has 2 rings (SSSR count). The molecule has 0 unspecified atom stereocenters. The van der Waals surface area contributed by atoms with Gasteiger partial charge >= 0.3 is 0 Å². The Morgan fingerprint density at radius 3 is 2.54 bits per heavy atom. The van der Waals surface area contributed by atoms with Gasteiger partial charge in [0.05, 0.1) is 0 Å². The number of hydrogen-bond acceptors (Lipinski definition) is 3. The summed E-state index contributed by atoms with van der Waals surface area (Å²) in [6.45, 7) is 0.463. The molecule has 0 fully saturated rings. The SMILES string of the molecule is N#C/C(=C/NCc1ccccc1F)C(=O)NCc1ccc(Cl)cc1. The van der Waals surface area contributed by atoms with Crippen LogP contribution in [0.2, 0.25) is 5.02 Å². The fourth-order valence-electron chi connectivity index (χ4n) is 1.93. The Labute approximate surface area is 144 Å². The molecule has 0 aliphatic rings. The van der Waals surface area contributed by atoms with Crippen molar-refractivity contribution in [3.63, 3.8) is 0 Å². The van der Waals surface area contributed by atoms with Crippen LogP contribution in [-0.4, -0.2) is 5.91 Å². The van der Waals surface area contributed by atoms with E-state index in [0.29, 0.717) is 10.6 Å². The number of carbonyl (C=O) groups is 1. The largest absolute Gasteiger partial charge is 0.385 e. The number of nitrogens with one attached hydrogen (secondary N) is 2. The lowest BCUT2D eigenvalue weighted by Gasteiger charge is -2.06. The van der Waals surface area contributed by atoms with Crippen molar-refractivity contribution >= 4 is 17.5 Å². The molecule has 122 valence electrons. The molecule has 0 bridgehead atoms. The second-order valence-corrected chi connectivity index (χ2v) is 5.39. The third kappa shape index (κ3) is 5.11. The van der Waals surface area contributed by atoms with Crippen LogP contribution in [0.5, 0.6) is 0 Å². The zero-order chi connectivity index (χ0) is 17.4. The van der Waals surface area contributed by atoms with Crippen LogP contribution in [0.3, 0.4) is 0 Å². The van der Waals surface area contributed by atoms with Crippen LogP contribution < -0.4 is 10.6 Å². The third-order valence-corrected chi connectivity index (χ3v) is 3.48. The van der Waals surface area contributed by atoms with E-state index in [4.69, 9.17) is 16.9 Å². The maximum absolute atomic E-state index is 13.5. The van der Waals surface area contributed by atoms with Gasteiger partial charge in [-0.1, -0.05) is 41.9 Å². The summed E-state index contributed by atoms with van der Waals surface area (Å²) in [5.41, 5.74) is 1.23. The summed E-state index contributed by atoms with van der Waals surface area (Å²) < 4.78 is 13.5. The summed E-state index contributed by atoms with van der Waals surface area (Å²) in [7, 11) is 0. The molecule has 0 radical (unpaired) electrons. The molecule has 2 aromatic carbocycles. The molecule has 4 nitrogen and oxygen atoms in total. The van der Waals surface area contributed by atoms with Crippen LogP contribution in [0.1, 0.15) is 11.1 Å². The molecule has 0 saturated heterocycles. The minimum absolute atomic E-state index is 0.0831. The minimum atomic E-state index is -0.506. The van der Waals surface area contributed by atoms with E-state index < -0.39 is 5.91 Å². The van der Waals surface area contributed by atoms with Crippen molar-refractivity contribution in [3.05, 3.63) is 82.3 Å². The van der Waals surface area contributed by atoms with E-state index in [1.807, 2.05) is 6.07 Å². The Morgan fingerprint density at radius 2 is 1.88 bits per heavy atom. The summed E-state index contributed by atoms with van der Waals surface area (Å²) in [6, 6.07) is 15.1. The summed E-state index contributed by atoms with van der Waals surface area (Å²) in [4.78, 5) is 12.0. The summed E-state index contributed by atoms with van der Waals surface area (Å²) in [5, 5.41) is 15.1. The van der Waals surface area contributed by atoms with Gasteiger partial charge in [0.25, 0.3) is 5.91 Å². The summed E-state index contributed by atoms with van der Waals surface area (Å²) in [5.74, 6) is -0.849. The second kappa shape index (κ2) is 8.70. The molecule has 0 aliphatic heterocycles. The topological polar surface area (TPSA) is 64.9 Å². The van der Waals surface area contributed by atoms with Gasteiger partial charge < -0.3 is 10.6 Å². The zero-order valence-electron chi connectivity index (χ0n) is 12.7. The predicted octanol–water partition coefficient (Wildman–Crippen LogP) is 3.29. The number of halogens is 2. The fourth-order valence-corrected chi connectivity index (χ4v) is 2.06. The van der Waals surface area contributed by atoms with Gasteiger partial charge in [-0.15, -0.1) is 0 Å². The van der Waals surface area contributed by atoms with E-state index in [1.165, 1.54) is 12.3 Å². The molecule has 0 heterocycles. The van der Waals surface area contributed by atoms with Gasteiger partial charge in [-0.3, -0.25) is 4.79 Å². The number of rotatable bonds is 6. The highest BCUT2D eigenvalue weighted by Gasteiger charge is 2.08. The molecule has 0 aromatic heterocycles. The summed E-state index contributed by atoms with van der Waals surface area (Å²) in [6.07, 6.45) is 1.28. The van der Waals surface area contributed by atoms with Crippen molar-refractivity contribution in [1.82, 2.24) is 10.6 Å². The average molecular weight is 344 g/mol. The monoisotopic (exact) mass is 343 g/mol. The molecular formula is C18H15ClFN3O. The van der Waals surface area contributed by atoms with Crippen LogP contribution in [0.25, 0.3) is 0 Å². The van der Waals surface area contributed by atoms with Gasteiger partial charge in [-0.25, -0.2) is 4.39 Å². The van der Waals surface area contributed by atoms with E-state index in [2.05, 4.69) is 10.6 Å². The lowest BCUT2D eigenvalue weighted by atomic mass is 10.2. The van der Waals surface area contributed by atoms with Crippen LogP contribution >= 0.6 is 11.6 Å². The molecule has 1 amide bonds. The molecule has 0 spiro atoms. The predicted molar refractivity (Wildman–Crippen MR) is 90.2 cm³/mol. The number of nitriles is 1. The third-order valence-electron chi connectivity index (χ3n) is 3.23. The first-order chi connectivity index (χ1) is 11.6. The molecule has 2 aromatic rings. The van der Waals surface area contributed by atoms with Crippen molar-refractivity contribution in [2.75, 3.05) is 0 Å². The Morgan fingerprint density at radius 1 is 1.17 bits per heavy atom. The maximum atomic E-state index is 13.5. The maximum Gasteiger partial charge on any atom is 0.263 e. The Hall–Kier alpha value is -2.84. The van der Waals surface area contributed by atoms with Crippen molar-refractivity contribution in [3.8, 4) is 6.07 Å². The van der Waals surface area contributed by atoms with E-state index in [1.54, 1.807) is 42.5 Å². The first-order valence-corrected chi connectivity index (χ1v) is 7.57. The van der Waals surface area contributed by atoms with Gasteiger partial charge in [0.2, 0.25) is 0 Å². The summed E-state index contributed by atoms with van der Waals surface area (Å²) >= 11 is 5.79. The Balaban J connectivity index is 1.90. The van der Waals surface area contributed by atoms with Gasteiger partial charge in [-0.2, -0.15) is 5.26 Å². The van der Waals surface area contributed by atoms with Crippen molar-refractivity contribution in [2.45, 2.75) is 13.1 Å². The molecule has 24 heavy (non-hydrogen) atoms. The van der Waals surface area contributed by atoms with E-state index in [9.17, 15) is 9.18 Å². The van der Waals surface area contributed by atoms with E-state index in [-0.39, 0.29) is 24.5 Å². The van der Waals surface area contributed by atoms with Crippen LogP contribution in [0, 0.1) is 17.1 Å².